The van der Waals surface area contributed by atoms with Gasteiger partial charge in [-0.1, -0.05) is 62.5 Å². The number of rotatable bonds is 2. The average Bonchev–Trinajstić information content (AvgIpc) is 2.34. The van der Waals surface area contributed by atoms with E-state index in [0.29, 0.717) is 6.54 Å². The zero-order valence-corrected chi connectivity index (χ0v) is 11.1. The van der Waals surface area contributed by atoms with Gasteiger partial charge in [0.05, 0.1) is 0 Å². The third-order valence-electron chi connectivity index (χ3n) is 2.88. The molecule has 0 saturated carbocycles. The summed E-state index contributed by atoms with van der Waals surface area (Å²) >= 11 is 0. The Morgan fingerprint density at radius 2 is 2.18 bits per heavy atom. The monoisotopic (exact) mass is 243 g/mol. The molecular weight excluding hydrogens is 225 g/mol. The molecule has 1 heterocycles. The Morgan fingerprint density at radius 1 is 1.35 bits per heavy atom. The van der Waals surface area contributed by atoms with Crippen LogP contribution in [0.15, 0.2) is 47.8 Å². The zero-order chi connectivity index (χ0) is 12.1. The third-order valence-corrected chi connectivity index (χ3v) is 4.02. The molecule has 0 spiro atoms. The van der Waals surface area contributed by atoms with Crippen LogP contribution < -0.4 is 5.73 Å². The summed E-state index contributed by atoms with van der Waals surface area (Å²) in [5, 5.41) is 0. The lowest BCUT2D eigenvalue weighted by molar-refractivity contribution is 1.25. The Morgan fingerprint density at radius 3 is 3.00 bits per heavy atom. The molecule has 1 unspecified atom stereocenters. The summed E-state index contributed by atoms with van der Waals surface area (Å²) in [5.74, 6) is 2.28. The summed E-state index contributed by atoms with van der Waals surface area (Å²) in [4.78, 5) is 0. The van der Waals surface area contributed by atoms with E-state index in [2.05, 4.69) is 49.2 Å². The summed E-state index contributed by atoms with van der Waals surface area (Å²) in [5.41, 5.74) is 11.0. The Hall–Kier alpha value is -1.17. The van der Waals surface area contributed by atoms with Crippen molar-refractivity contribution in [2.75, 3.05) is 12.7 Å². The summed E-state index contributed by atoms with van der Waals surface area (Å²) in [7, 11) is 0.870. The van der Waals surface area contributed by atoms with Crippen molar-refractivity contribution in [1.82, 2.24) is 0 Å². The maximum atomic E-state index is 5.56. The van der Waals surface area contributed by atoms with Crippen molar-refractivity contribution in [1.29, 1.82) is 0 Å². The molecule has 17 heavy (non-hydrogen) atoms. The summed E-state index contributed by atoms with van der Waals surface area (Å²) in [6.45, 7) is 2.82. The maximum Gasteiger partial charge on any atom is 0.0110 e. The summed E-state index contributed by atoms with van der Waals surface area (Å²) in [6.07, 6.45) is 7.58. The van der Waals surface area contributed by atoms with E-state index in [1.54, 1.807) is 0 Å². The normalized spacial score (nSPS) is 23.4. The van der Waals surface area contributed by atoms with Crippen LogP contribution in [0.3, 0.4) is 0 Å². The number of allylic oxidation sites excluding steroid dienone is 3. The lowest BCUT2D eigenvalue weighted by Crippen LogP contribution is -1.96. The van der Waals surface area contributed by atoms with Crippen LogP contribution in [0.25, 0.3) is 11.6 Å². The van der Waals surface area contributed by atoms with Gasteiger partial charge in [-0.3, -0.25) is 0 Å². The van der Waals surface area contributed by atoms with Gasteiger partial charge in [-0.2, -0.15) is 0 Å². The molecule has 0 saturated heterocycles. The minimum atomic E-state index is 0.594. The molecule has 0 aliphatic carbocycles. The van der Waals surface area contributed by atoms with Crippen molar-refractivity contribution < 1.29 is 0 Å². The molecule has 2 N–H and O–H groups in total. The fourth-order valence-corrected chi connectivity index (χ4v) is 2.90. The molecule has 88 valence electrons. The first-order valence-corrected chi connectivity index (χ1v) is 7.17. The SMILES string of the molecule is C/C1=C(/C=C\CN)c2ccccc2/C=C/PC1. The van der Waals surface area contributed by atoms with Gasteiger partial charge in [0.2, 0.25) is 0 Å². The summed E-state index contributed by atoms with van der Waals surface area (Å²) in [6, 6.07) is 8.55. The minimum absolute atomic E-state index is 0.594. The van der Waals surface area contributed by atoms with Gasteiger partial charge in [0, 0.05) is 6.54 Å². The topological polar surface area (TPSA) is 26.0 Å². The van der Waals surface area contributed by atoms with Gasteiger partial charge in [0.25, 0.3) is 0 Å². The van der Waals surface area contributed by atoms with E-state index in [9.17, 15) is 0 Å². The van der Waals surface area contributed by atoms with Crippen LogP contribution in [0.1, 0.15) is 18.1 Å². The quantitative estimate of drug-likeness (QED) is 0.788. The molecule has 0 radical (unpaired) electrons. The first-order chi connectivity index (χ1) is 8.33. The highest BCUT2D eigenvalue weighted by Crippen LogP contribution is 2.31. The number of hydrogen-bond acceptors (Lipinski definition) is 1. The molecule has 1 atom stereocenters. The first kappa shape index (κ1) is 12.3. The van der Waals surface area contributed by atoms with E-state index in [-0.39, 0.29) is 0 Å². The lowest BCUT2D eigenvalue weighted by Gasteiger charge is -2.14. The Kier molecular flexibility index (Phi) is 4.30. The second kappa shape index (κ2) is 5.95. The van der Waals surface area contributed by atoms with Crippen LogP contribution in [0.4, 0.5) is 0 Å². The van der Waals surface area contributed by atoms with Crippen molar-refractivity contribution in [3.8, 4) is 0 Å². The number of hydrogen-bond donors (Lipinski definition) is 1. The van der Waals surface area contributed by atoms with Crippen LogP contribution in [0.5, 0.6) is 0 Å². The molecule has 1 aliphatic rings. The van der Waals surface area contributed by atoms with Gasteiger partial charge < -0.3 is 5.73 Å². The highest BCUT2D eigenvalue weighted by molar-refractivity contribution is 7.42. The molecule has 0 aromatic heterocycles. The van der Waals surface area contributed by atoms with Gasteiger partial charge >= 0.3 is 0 Å². The summed E-state index contributed by atoms with van der Waals surface area (Å²) < 4.78 is 0. The molecule has 1 aromatic rings. The molecule has 1 nitrogen and oxygen atoms in total. The Bertz CT molecular complexity index is 483. The predicted molar refractivity (Wildman–Crippen MR) is 79.4 cm³/mol. The van der Waals surface area contributed by atoms with Gasteiger partial charge in [-0.15, -0.1) is 0 Å². The second-order valence-corrected chi connectivity index (χ2v) is 5.23. The van der Waals surface area contributed by atoms with Gasteiger partial charge in [0.15, 0.2) is 0 Å². The standard InChI is InChI=1S/C15H18NP/c1-12-11-17-10-8-13-5-2-3-6-15(13)14(12)7-4-9-16/h2-8,10,17H,9,11,16H2,1H3/b7-4-,10-8+,14-12+. The smallest absolute Gasteiger partial charge is 0.0110 e. The fourth-order valence-electron chi connectivity index (χ4n) is 1.99. The van der Waals surface area contributed by atoms with E-state index >= 15 is 0 Å². The lowest BCUT2D eigenvalue weighted by atomic mass is 9.96. The number of fused-ring (bicyclic) bond motifs is 1. The highest BCUT2D eigenvalue weighted by atomic mass is 31.1. The number of nitrogens with two attached hydrogens (primary N) is 1. The van der Waals surface area contributed by atoms with E-state index in [0.717, 1.165) is 14.7 Å². The predicted octanol–water partition coefficient (Wildman–Crippen LogP) is 3.64. The van der Waals surface area contributed by atoms with Crippen LogP contribution >= 0.6 is 8.58 Å². The fraction of sp³-hybridized carbons (Fsp3) is 0.200. The van der Waals surface area contributed by atoms with E-state index in [4.69, 9.17) is 5.73 Å². The second-order valence-electron chi connectivity index (χ2n) is 4.13. The molecule has 1 aliphatic heterocycles. The minimum Gasteiger partial charge on any atom is -0.327 e. The third kappa shape index (κ3) is 2.94. The van der Waals surface area contributed by atoms with Crippen molar-refractivity contribution >= 4 is 20.2 Å². The Balaban J connectivity index is 2.54. The van der Waals surface area contributed by atoms with Crippen molar-refractivity contribution in [2.24, 2.45) is 5.73 Å². The molecule has 2 heteroatoms. The molecule has 0 amide bonds. The first-order valence-electron chi connectivity index (χ1n) is 5.88. The largest absolute Gasteiger partial charge is 0.327 e. The van der Waals surface area contributed by atoms with Crippen LogP contribution in [0, 0.1) is 0 Å². The van der Waals surface area contributed by atoms with E-state index in [1.807, 2.05) is 6.08 Å². The maximum absolute atomic E-state index is 5.56. The number of benzene rings is 1. The molecule has 0 fully saturated rings. The van der Waals surface area contributed by atoms with Gasteiger partial charge in [-0.05, 0) is 29.8 Å². The van der Waals surface area contributed by atoms with Crippen molar-refractivity contribution in [3.05, 3.63) is 58.9 Å². The van der Waals surface area contributed by atoms with Crippen LogP contribution in [-0.2, 0) is 0 Å². The molecule has 1 aromatic carbocycles. The van der Waals surface area contributed by atoms with Crippen LogP contribution in [-0.4, -0.2) is 12.7 Å². The zero-order valence-electron chi connectivity index (χ0n) is 10.1. The van der Waals surface area contributed by atoms with Gasteiger partial charge in [-0.25, -0.2) is 0 Å². The van der Waals surface area contributed by atoms with E-state index < -0.39 is 0 Å². The van der Waals surface area contributed by atoms with Crippen molar-refractivity contribution in [3.63, 3.8) is 0 Å². The van der Waals surface area contributed by atoms with E-state index in [1.165, 1.54) is 22.3 Å². The molecule has 0 bridgehead atoms. The molecule has 2 rings (SSSR count). The Labute approximate surface area is 105 Å². The van der Waals surface area contributed by atoms with Gasteiger partial charge in [0.1, 0.15) is 0 Å². The van der Waals surface area contributed by atoms with Crippen molar-refractivity contribution in [2.45, 2.75) is 6.92 Å². The average molecular weight is 243 g/mol. The van der Waals surface area contributed by atoms with Crippen LogP contribution in [0.2, 0.25) is 0 Å². The highest BCUT2D eigenvalue weighted by Gasteiger charge is 2.08. The molecular formula is C15H18NP.